The summed E-state index contributed by atoms with van der Waals surface area (Å²) in [5.41, 5.74) is 0.823. The molecule has 1 aromatic carbocycles. The Morgan fingerprint density at radius 2 is 1.77 bits per heavy atom. The monoisotopic (exact) mass is 505 g/mol. The minimum absolute atomic E-state index is 0.0824. The number of nitrogens with one attached hydrogen (secondary N) is 1. The van der Waals surface area contributed by atoms with Gasteiger partial charge in [0, 0.05) is 36.6 Å². The van der Waals surface area contributed by atoms with Crippen molar-refractivity contribution in [1.29, 1.82) is 0 Å². The summed E-state index contributed by atoms with van der Waals surface area (Å²) in [4.78, 5) is 21.0. The number of benzene rings is 1. The maximum atomic E-state index is 13.1. The third-order valence-electron chi connectivity index (χ3n) is 5.66. The topological polar surface area (TPSA) is 64.1 Å². The zero-order valence-electron chi connectivity index (χ0n) is 19.9. The molecule has 2 aromatic heterocycles. The van der Waals surface area contributed by atoms with E-state index in [1.807, 2.05) is 44.2 Å². The van der Waals surface area contributed by atoms with Crippen LogP contribution < -0.4 is 10.1 Å². The van der Waals surface area contributed by atoms with Gasteiger partial charge in [-0.3, -0.25) is 9.78 Å². The lowest BCUT2D eigenvalue weighted by Gasteiger charge is -2.30. The first-order valence-corrected chi connectivity index (χ1v) is 11.4. The first-order valence-electron chi connectivity index (χ1n) is 11.0. The van der Waals surface area contributed by atoms with E-state index < -0.39 is 23.2 Å². The number of amides is 1. The van der Waals surface area contributed by atoms with Gasteiger partial charge in [-0.2, -0.15) is 13.2 Å². The molecule has 9 heteroatoms. The first-order chi connectivity index (χ1) is 16.3. The van der Waals surface area contributed by atoms with Crippen molar-refractivity contribution in [2.75, 3.05) is 0 Å². The largest absolute Gasteiger partial charge is 0.462 e. The van der Waals surface area contributed by atoms with E-state index in [2.05, 4.69) is 15.3 Å². The number of carbonyl (C=O) groups is 1. The Hall–Kier alpha value is -3.13. The Morgan fingerprint density at radius 3 is 2.34 bits per heavy atom. The van der Waals surface area contributed by atoms with Gasteiger partial charge in [0.1, 0.15) is 0 Å². The molecule has 5 nitrogen and oxygen atoms in total. The maximum absolute atomic E-state index is 13.1. The van der Waals surface area contributed by atoms with E-state index in [1.165, 1.54) is 13.8 Å². The van der Waals surface area contributed by atoms with E-state index in [0.29, 0.717) is 17.6 Å². The molecule has 186 valence electrons. The van der Waals surface area contributed by atoms with E-state index in [1.54, 1.807) is 12.4 Å². The molecule has 0 aliphatic heterocycles. The smallest absolute Gasteiger partial charge is 0.417 e. The van der Waals surface area contributed by atoms with Gasteiger partial charge >= 0.3 is 6.18 Å². The van der Waals surface area contributed by atoms with Gasteiger partial charge in [0.05, 0.1) is 10.6 Å². The molecule has 0 aliphatic rings. The highest BCUT2D eigenvalue weighted by molar-refractivity contribution is 6.30. The van der Waals surface area contributed by atoms with Gasteiger partial charge in [0.25, 0.3) is 5.91 Å². The van der Waals surface area contributed by atoms with Crippen LogP contribution in [0.5, 0.6) is 5.88 Å². The van der Waals surface area contributed by atoms with Crippen LogP contribution in [-0.4, -0.2) is 27.5 Å². The van der Waals surface area contributed by atoms with Crippen LogP contribution in [0.4, 0.5) is 13.2 Å². The van der Waals surface area contributed by atoms with Crippen LogP contribution >= 0.6 is 11.6 Å². The van der Waals surface area contributed by atoms with Crippen LogP contribution in [0.15, 0.2) is 61.1 Å². The van der Waals surface area contributed by atoms with Crippen molar-refractivity contribution in [3.63, 3.8) is 0 Å². The number of alkyl halides is 3. The van der Waals surface area contributed by atoms with E-state index in [9.17, 15) is 18.0 Å². The van der Waals surface area contributed by atoms with Crippen LogP contribution in [0, 0.1) is 6.92 Å². The summed E-state index contributed by atoms with van der Waals surface area (Å²) < 4.78 is 44.0. The zero-order valence-corrected chi connectivity index (χ0v) is 20.6. The summed E-state index contributed by atoms with van der Waals surface area (Å²) in [6.45, 7) is 6.96. The fourth-order valence-corrected chi connectivity index (χ4v) is 3.77. The third kappa shape index (κ3) is 7.18. The van der Waals surface area contributed by atoms with E-state index in [0.717, 1.165) is 28.8 Å². The minimum Gasteiger partial charge on any atom is -0.462 e. The third-order valence-corrected chi connectivity index (χ3v) is 5.87. The van der Waals surface area contributed by atoms with Gasteiger partial charge in [-0.1, -0.05) is 41.4 Å². The van der Waals surface area contributed by atoms with Gasteiger partial charge in [0.15, 0.2) is 5.60 Å². The molecule has 0 radical (unpaired) electrons. The second-order valence-electron chi connectivity index (χ2n) is 8.99. The molecule has 2 unspecified atom stereocenters. The van der Waals surface area contributed by atoms with Gasteiger partial charge in [-0.05, 0) is 57.4 Å². The number of ether oxygens (including phenoxy) is 1. The number of nitrogens with zero attached hydrogens (tertiary/aromatic N) is 2. The summed E-state index contributed by atoms with van der Waals surface area (Å²) in [7, 11) is 0. The molecular formula is C26H27ClF3N3O2. The van der Waals surface area contributed by atoms with Crippen molar-refractivity contribution < 1.29 is 22.7 Å². The van der Waals surface area contributed by atoms with E-state index in [-0.39, 0.29) is 17.8 Å². The maximum Gasteiger partial charge on any atom is 0.417 e. The summed E-state index contributed by atoms with van der Waals surface area (Å²) in [5.74, 6) is -0.663. The average molecular weight is 506 g/mol. The van der Waals surface area contributed by atoms with E-state index in [4.69, 9.17) is 16.3 Å². The van der Waals surface area contributed by atoms with Gasteiger partial charge in [-0.25, -0.2) is 4.98 Å². The summed E-state index contributed by atoms with van der Waals surface area (Å²) in [6, 6.07) is 11.6. The highest BCUT2D eigenvalue weighted by Gasteiger charge is 2.34. The van der Waals surface area contributed by atoms with Crippen molar-refractivity contribution in [2.45, 2.75) is 57.9 Å². The molecule has 0 fully saturated rings. The summed E-state index contributed by atoms with van der Waals surface area (Å²) in [6.07, 6.45) is 0.0725. The van der Waals surface area contributed by atoms with Crippen LogP contribution in [0.2, 0.25) is 5.02 Å². The summed E-state index contributed by atoms with van der Waals surface area (Å²) in [5, 5.41) is 3.48. The second-order valence-corrected chi connectivity index (χ2v) is 9.43. The average Bonchev–Trinajstić information content (AvgIpc) is 2.78. The molecule has 0 bridgehead atoms. The lowest BCUT2D eigenvalue weighted by Crippen LogP contribution is -2.51. The highest BCUT2D eigenvalue weighted by atomic mass is 35.5. The fraction of sp³-hybridized carbons (Fsp3) is 0.346. The Bertz CT molecular complexity index is 1150. The van der Waals surface area contributed by atoms with Gasteiger partial charge in [-0.15, -0.1) is 0 Å². The molecular weight excluding hydrogens is 479 g/mol. The van der Waals surface area contributed by atoms with Crippen LogP contribution in [-0.2, 0) is 17.4 Å². The lowest BCUT2D eigenvalue weighted by atomic mass is 9.87. The number of rotatable bonds is 8. The molecule has 3 rings (SSSR count). The first kappa shape index (κ1) is 26.5. The fourth-order valence-electron chi connectivity index (χ4n) is 3.59. The number of hydrogen-bond donors (Lipinski definition) is 1. The van der Waals surface area contributed by atoms with Crippen molar-refractivity contribution in [1.82, 2.24) is 15.3 Å². The molecule has 0 saturated carbocycles. The standard InChI is InChI=1S/C26H27ClF3N3O2/c1-16-5-7-18(8-6-16)11-22(19-12-21(27)15-31-13-19)17(2)33-24(34)25(3,4)35-23-10-9-20(14-32-23)26(28,29)30/h5-10,12-15,17,22H,11H2,1-4H3,(H,33,34). The van der Waals surface area contributed by atoms with Gasteiger partial charge in [0.2, 0.25) is 5.88 Å². The van der Waals surface area contributed by atoms with Crippen LogP contribution in [0.3, 0.4) is 0 Å². The highest BCUT2D eigenvalue weighted by Crippen LogP contribution is 2.30. The quantitative estimate of drug-likeness (QED) is 0.399. The molecule has 0 saturated heterocycles. The number of carbonyl (C=O) groups excluding carboxylic acids is 1. The molecule has 2 atom stereocenters. The Labute approximate surface area is 207 Å². The van der Waals surface area contributed by atoms with Crippen molar-refractivity contribution in [2.24, 2.45) is 0 Å². The SMILES string of the molecule is Cc1ccc(CC(c2cncc(Cl)c2)C(C)NC(=O)C(C)(C)Oc2ccc(C(F)(F)F)cn2)cc1. The molecule has 1 amide bonds. The predicted molar refractivity (Wildman–Crippen MR) is 128 cm³/mol. The zero-order chi connectivity index (χ0) is 25.8. The second kappa shape index (κ2) is 10.6. The molecule has 35 heavy (non-hydrogen) atoms. The lowest BCUT2D eigenvalue weighted by molar-refractivity contribution is -0.138. The molecule has 3 aromatic rings. The number of aryl methyl sites for hydroxylation is 1. The number of aromatic nitrogens is 2. The normalized spacial score (nSPS) is 13.7. The minimum atomic E-state index is -4.50. The Kier molecular flexibility index (Phi) is 8.05. The van der Waals surface area contributed by atoms with Crippen molar-refractivity contribution in [3.05, 3.63) is 88.3 Å². The molecule has 1 N–H and O–H groups in total. The van der Waals surface area contributed by atoms with E-state index >= 15 is 0 Å². The Balaban J connectivity index is 1.76. The molecule has 2 heterocycles. The number of halogens is 4. The molecule has 0 spiro atoms. The van der Waals surface area contributed by atoms with Crippen molar-refractivity contribution in [3.8, 4) is 5.88 Å². The molecule has 0 aliphatic carbocycles. The number of hydrogen-bond acceptors (Lipinski definition) is 4. The van der Waals surface area contributed by atoms with Crippen LogP contribution in [0.1, 0.15) is 48.9 Å². The summed E-state index contributed by atoms with van der Waals surface area (Å²) >= 11 is 6.18. The van der Waals surface area contributed by atoms with Crippen molar-refractivity contribution >= 4 is 17.5 Å². The van der Waals surface area contributed by atoms with Crippen LogP contribution in [0.25, 0.3) is 0 Å². The number of pyridine rings is 2. The van der Waals surface area contributed by atoms with Gasteiger partial charge < -0.3 is 10.1 Å². The predicted octanol–water partition coefficient (Wildman–Crippen LogP) is 6.15. The Morgan fingerprint density at radius 1 is 1.09 bits per heavy atom.